The number of ether oxygens (including phenoxy) is 1. The Labute approximate surface area is 110 Å². The second-order valence-corrected chi connectivity index (χ2v) is 4.13. The predicted molar refractivity (Wildman–Crippen MR) is 68.9 cm³/mol. The lowest BCUT2D eigenvalue weighted by Crippen LogP contribution is -2.37. The smallest absolute Gasteiger partial charge is 0.232 e. The summed E-state index contributed by atoms with van der Waals surface area (Å²) in [5.41, 5.74) is 5.63. The third-order valence-corrected chi connectivity index (χ3v) is 2.64. The number of nitrogens with one attached hydrogen (secondary N) is 1. The molecule has 0 saturated carbocycles. The van der Waals surface area contributed by atoms with Crippen molar-refractivity contribution in [1.82, 2.24) is 15.0 Å². The zero-order chi connectivity index (χ0) is 13.7. The van der Waals surface area contributed by atoms with Crippen molar-refractivity contribution in [2.75, 3.05) is 55.4 Å². The molecule has 106 valence electrons. The normalized spacial score (nSPS) is 17.3. The van der Waals surface area contributed by atoms with E-state index in [0.29, 0.717) is 32.3 Å². The maximum Gasteiger partial charge on any atom is 0.232 e. The summed E-state index contributed by atoms with van der Waals surface area (Å²) in [6.45, 7) is 2.45. The van der Waals surface area contributed by atoms with Gasteiger partial charge in [0.25, 0.3) is 0 Å². The number of morpholine rings is 1. The Morgan fingerprint density at radius 2 is 2.05 bits per heavy atom. The number of aliphatic hydroxyl groups is 2. The molecule has 2 rings (SSSR count). The molecule has 0 aliphatic carbocycles. The molecule has 0 aromatic carbocycles. The fourth-order valence-corrected chi connectivity index (χ4v) is 1.64. The van der Waals surface area contributed by atoms with Crippen molar-refractivity contribution >= 4 is 17.8 Å². The Balaban J connectivity index is 2.05. The van der Waals surface area contributed by atoms with Crippen LogP contribution in [0.3, 0.4) is 0 Å². The van der Waals surface area contributed by atoms with Gasteiger partial charge in [-0.05, 0) is 0 Å². The minimum Gasteiger partial charge on any atom is -0.394 e. The number of aliphatic hydroxyl groups excluding tert-OH is 2. The van der Waals surface area contributed by atoms with Crippen LogP contribution >= 0.6 is 0 Å². The summed E-state index contributed by atoms with van der Waals surface area (Å²) < 4.78 is 5.25. The predicted octanol–water partition coefficient (Wildman–Crippen LogP) is -1.94. The largest absolute Gasteiger partial charge is 0.394 e. The molecular weight excluding hydrogens is 252 g/mol. The van der Waals surface area contributed by atoms with Crippen molar-refractivity contribution < 1.29 is 14.9 Å². The van der Waals surface area contributed by atoms with Crippen LogP contribution in [-0.4, -0.2) is 70.7 Å². The second-order valence-electron chi connectivity index (χ2n) is 4.13. The zero-order valence-electron chi connectivity index (χ0n) is 10.5. The van der Waals surface area contributed by atoms with Gasteiger partial charge >= 0.3 is 0 Å². The molecule has 1 aromatic rings. The lowest BCUT2D eigenvalue weighted by molar-refractivity contribution is 0.105. The highest BCUT2D eigenvalue weighted by Crippen LogP contribution is 2.13. The summed E-state index contributed by atoms with van der Waals surface area (Å²) in [5, 5.41) is 20.8. The molecule has 1 fully saturated rings. The number of nitrogens with two attached hydrogens (primary N) is 1. The molecule has 1 aliphatic rings. The van der Waals surface area contributed by atoms with Crippen molar-refractivity contribution in [3.05, 3.63) is 0 Å². The number of nitrogen functional groups attached to an aromatic ring is 1. The quantitative estimate of drug-likeness (QED) is 0.482. The van der Waals surface area contributed by atoms with Crippen LogP contribution in [0.2, 0.25) is 0 Å². The van der Waals surface area contributed by atoms with E-state index in [9.17, 15) is 5.11 Å². The molecule has 1 aromatic heterocycles. The highest BCUT2D eigenvalue weighted by Gasteiger charge is 2.16. The molecule has 1 saturated heterocycles. The van der Waals surface area contributed by atoms with E-state index in [1.54, 1.807) is 0 Å². The molecule has 1 unspecified atom stereocenters. The first-order valence-corrected chi connectivity index (χ1v) is 6.06. The maximum absolute atomic E-state index is 9.26. The number of hydrogen-bond acceptors (Lipinski definition) is 9. The fourth-order valence-electron chi connectivity index (χ4n) is 1.64. The van der Waals surface area contributed by atoms with Gasteiger partial charge in [-0.2, -0.15) is 15.0 Å². The summed E-state index contributed by atoms with van der Waals surface area (Å²) in [6.07, 6.45) is -0.871. The molecule has 5 N–H and O–H groups in total. The van der Waals surface area contributed by atoms with Crippen LogP contribution in [0.1, 0.15) is 0 Å². The van der Waals surface area contributed by atoms with E-state index in [1.807, 2.05) is 4.90 Å². The Morgan fingerprint density at radius 1 is 1.32 bits per heavy atom. The van der Waals surface area contributed by atoms with Crippen molar-refractivity contribution in [1.29, 1.82) is 0 Å². The van der Waals surface area contributed by atoms with Gasteiger partial charge in [-0.15, -0.1) is 0 Å². The molecule has 1 atom stereocenters. The minimum atomic E-state index is -0.871. The van der Waals surface area contributed by atoms with E-state index < -0.39 is 6.10 Å². The summed E-state index contributed by atoms with van der Waals surface area (Å²) >= 11 is 0. The molecule has 19 heavy (non-hydrogen) atoms. The Hall–Kier alpha value is -1.71. The van der Waals surface area contributed by atoms with Crippen LogP contribution in [-0.2, 0) is 4.74 Å². The summed E-state index contributed by atoms with van der Waals surface area (Å²) in [6, 6.07) is 0. The fraction of sp³-hybridized carbons (Fsp3) is 0.700. The molecule has 9 heteroatoms. The summed E-state index contributed by atoms with van der Waals surface area (Å²) in [7, 11) is 0. The lowest BCUT2D eigenvalue weighted by atomic mass is 10.4. The van der Waals surface area contributed by atoms with E-state index in [1.165, 1.54) is 0 Å². The first-order chi connectivity index (χ1) is 9.19. The molecular formula is C10H18N6O3. The average molecular weight is 270 g/mol. The van der Waals surface area contributed by atoms with Gasteiger partial charge in [0.2, 0.25) is 17.8 Å². The highest BCUT2D eigenvalue weighted by molar-refractivity contribution is 5.42. The van der Waals surface area contributed by atoms with Gasteiger partial charge in [-0.3, -0.25) is 0 Å². The average Bonchev–Trinajstić information content (AvgIpc) is 2.45. The number of rotatable bonds is 5. The van der Waals surface area contributed by atoms with Gasteiger partial charge in [0.15, 0.2) is 0 Å². The Kier molecular flexibility index (Phi) is 4.66. The van der Waals surface area contributed by atoms with Crippen LogP contribution in [0.5, 0.6) is 0 Å². The second kappa shape index (κ2) is 6.45. The number of anilines is 3. The first kappa shape index (κ1) is 13.7. The number of aromatic nitrogens is 3. The molecule has 0 bridgehead atoms. The SMILES string of the molecule is Nc1nc(NCC(O)CO)nc(N2CCOCC2)n1. The van der Waals surface area contributed by atoms with Gasteiger partial charge < -0.3 is 30.9 Å². The first-order valence-electron chi connectivity index (χ1n) is 6.06. The van der Waals surface area contributed by atoms with Crippen LogP contribution in [0, 0.1) is 0 Å². The molecule has 1 aliphatic heterocycles. The number of hydrogen-bond donors (Lipinski definition) is 4. The van der Waals surface area contributed by atoms with Crippen molar-refractivity contribution in [2.24, 2.45) is 0 Å². The van der Waals surface area contributed by atoms with Crippen LogP contribution < -0.4 is 16.0 Å². The molecule has 2 heterocycles. The standard InChI is InChI=1S/C10H18N6O3/c11-8-13-9(12-5-7(18)6-17)15-10(14-8)16-1-3-19-4-2-16/h7,17-18H,1-6H2,(H3,11,12,13,14,15). The Bertz CT molecular complexity index is 412. The third kappa shape index (κ3) is 3.88. The highest BCUT2D eigenvalue weighted by atomic mass is 16.5. The number of nitrogens with zero attached hydrogens (tertiary/aromatic N) is 4. The molecule has 0 amide bonds. The van der Waals surface area contributed by atoms with Gasteiger partial charge in [-0.25, -0.2) is 0 Å². The van der Waals surface area contributed by atoms with E-state index >= 15 is 0 Å². The van der Waals surface area contributed by atoms with Crippen LogP contribution in [0.25, 0.3) is 0 Å². The third-order valence-electron chi connectivity index (χ3n) is 2.64. The minimum absolute atomic E-state index is 0.109. The van der Waals surface area contributed by atoms with Crippen molar-refractivity contribution in [3.63, 3.8) is 0 Å². The van der Waals surface area contributed by atoms with Gasteiger partial charge in [0.1, 0.15) is 0 Å². The van der Waals surface area contributed by atoms with Crippen LogP contribution in [0.15, 0.2) is 0 Å². The molecule has 9 nitrogen and oxygen atoms in total. The molecule has 0 radical (unpaired) electrons. The van der Waals surface area contributed by atoms with Crippen LogP contribution in [0.4, 0.5) is 17.8 Å². The lowest BCUT2D eigenvalue weighted by Gasteiger charge is -2.26. The van der Waals surface area contributed by atoms with Gasteiger partial charge in [0.05, 0.1) is 25.9 Å². The maximum atomic E-state index is 9.26. The summed E-state index contributed by atoms with van der Waals surface area (Å²) in [4.78, 5) is 14.2. The van der Waals surface area contributed by atoms with E-state index in [0.717, 1.165) is 0 Å². The topological polar surface area (TPSA) is 130 Å². The van der Waals surface area contributed by atoms with Gasteiger partial charge in [0, 0.05) is 19.6 Å². The monoisotopic (exact) mass is 270 g/mol. The Morgan fingerprint density at radius 3 is 2.74 bits per heavy atom. The van der Waals surface area contributed by atoms with E-state index in [4.69, 9.17) is 15.6 Å². The van der Waals surface area contributed by atoms with E-state index in [-0.39, 0.29) is 25.0 Å². The summed E-state index contributed by atoms with van der Waals surface area (Å²) in [5.74, 6) is 0.871. The van der Waals surface area contributed by atoms with Gasteiger partial charge in [-0.1, -0.05) is 0 Å². The van der Waals surface area contributed by atoms with Crippen molar-refractivity contribution in [3.8, 4) is 0 Å². The van der Waals surface area contributed by atoms with E-state index in [2.05, 4.69) is 20.3 Å². The van der Waals surface area contributed by atoms with Crippen molar-refractivity contribution in [2.45, 2.75) is 6.10 Å². The zero-order valence-corrected chi connectivity index (χ0v) is 10.5. The molecule has 0 spiro atoms.